The van der Waals surface area contributed by atoms with Crippen LogP contribution in [0.25, 0.3) is 21.5 Å². The van der Waals surface area contributed by atoms with Crippen LogP contribution in [0.1, 0.15) is 21.7 Å². The average Bonchev–Trinajstić information content (AvgIpc) is 3.14. The summed E-state index contributed by atoms with van der Waals surface area (Å²) in [5.41, 5.74) is 5.19. The normalized spacial score (nSPS) is 10.7. The topological polar surface area (TPSA) is 96.6 Å². The van der Waals surface area contributed by atoms with Crippen LogP contribution in [-0.2, 0) is 6.54 Å². The van der Waals surface area contributed by atoms with Crippen LogP contribution in [0.5, 0.6) is 5.75 Å². The van der Waals surface area contributed by atoms with Gasteiger partial charge in [0.15, 0.2) is 0 Å². The maximum Gasteiger partial charge on any atom is 0.243 e. The molecule has 144 valence electrons. The molecule has 0 amide bonds. The van der Waals surface area contributed by atoms with E-state index in [0.29, 0.717) is 18.1 Å². The number of aryl methyl sites for hydroxylation is 2. The van der Waals surface area contributed by atoms with Gasteiger partial charge in [0.1, 0.15) is 10.8 Å². The molecule has 0 spiro atoms. The van der Waals surface area contributed by atoms with E-state index in [1.54, 1.807) is 24.6 Å². The van der Waals surface area contributed by atoms with Crippen molar-refractivity contribution in [3.8, 4) is 23.1 Å². The molecular weight excluding hydrogens is 384 g/mol. The molecule has 8 heteroatoms. The van der Waals surface area contributed by atoms with Crippen LogP contribution in [0.15, 0.2) is 36.5 Å². The highest BCUT2D eigenvalue weighted by Gasteiger charge is 2.12. The first kappa shape index (κ1) is 18.8. The lowest BCUT2D eigenvalue weighted by Gasteiger charge is -2.10. The third-order valence-electron chi connectivity index (χ3n) is 4.51. The van der Waals surface area contributed by atoms with E-state index in [-0.39, 0.29) is 0 Å². The first-order chi connectivity index (χ1) is 14.1. The summed E-state index contributed by atoms with van der Waals surface area (Å²) < 4.78 is 6.35. The van der Waals surface area contributed by atoms with Crippen LogP contribution in [-0.4, -0.2) is 27.3 Å². The monoisotopic (exact) mass is 402 g/mol. The van der Waals surface area contributed by atoms with Crippen molar-refractivity contribution in [2.75, 3.05) is 12.4 Å². The summed E-state index contributed by atoms with van der Waals surface area (Å²) in [6.45, 7) is 4.43. The Morgan fingerprint density at radius 3 is 2.66 bits per heavy atom. The van der Waals surface area contributed by atoms with E-state index in [1.165, 1.54) is 0 Å². The zero-order valence-electron chi connectivity index (χ0n) is 16.2. The highest BCUT2D eigenvalue weighted by molar-refractivity contribution is 7.18. The third-order valence-corrected chi connectivity index (χ3v) is 5.55. The molecule has 0 radical (unpaired) electrons. The van der Waals surface area contributed by atoms with Crippen molar-refractivity contribution in [2.24, 2.45) is 0 Å². The van der Waals surface area contributed by atoms with Crippen LogP contribution in [0.3, 0.4) is 0 Å². The molecule has 2 aromatic carbocycles. The maximum absolute atomic E-state index is 9.14. The first-order valence-corrected chi connectivity index (χ1v) is 9.78. The molecule has 4 rings (SSSR count). The van der Waals surface area contributed by atoms with E-state index in [9.17, 15) is 0 Å². The standard InChI is InChI=1S/C21H18N6OS/c1-12-6-14(9-22)7-13(2)20(12)17-10-24-27-21(26-17)23-11-19-25-16-8-15(28-3)4-5-18(16)29-19/h4-8,10H,11H2,1-3H3,(H,23,26,27). The molecule has 0 aliphatic rings. The van der Waals surface area contributed by atoms with Crippen LogP contribution in [0.2, 0.25) is 0 Å². The van der Waals surface area contributed by atoms with Crippen molar-refractivity contribution in [3.05, 3.63) is 58.2 Å². The molecule has 2 heterocycles. The minimum Gasteiger partial charge on any atom is -0.497 e. The summed E-state index contributed by atoms with van der Waals surface area (Å²) in [4.78, 5) is 9.24. The molecule has 7 nitrogen and oxygen atoms in total. The zero-order chi connectivity index (χ0) is 20.4. The SMILES string of the molecule is COc1ccc2sc(CNc3nncc(-c4c(C)cc(C#N)cc4C)n3)nc2c1. The summed E-state index contributed by atoms with van der Waals surface area (Å²) >= 11 is 1.61. The van der Waals surface area contributed by atoms with Gasteiger partial charge >= 0.3 is 0 Å². The van der Waals surface area contributed by atoms with Gasteiger partial charge in [0.2, 0.25) is 5.95 Å². The van der Waals surface area contributed by atoms with Crippen LogP contribution in [0, 0.1) is 25.2 Å². The molecule has 2 aromatic heterocycles. The van der Waals surface area contributed by atoms with E-state index < -0.39 is 0 Å². The lowest BCUT2D eigenvalue weighted by molar-refractivity contribution is 0.415. The fourth-order valence-corrected chi connectivity index (χ4v) is 4.13. The quantitative estimate of drug-likeness (QED) is 0.533. The fraction of sp³-hybridized carbons (Fsp3) is 0.190. The van der Waals surface area contributed by atoms with E-state index >= 15 is 0 Å². The van der Waals surface area contributed by atoms with Crippen molar-refractivity contribution >= 4 is 27.5 Å². The number of rotatable bonds is 5. The largest absolute Gasteiger partial charge is 0.497 e. The lowest BCUT2D eigenvalue weighted by Crippen LogP contribution is -2.05. The second-order valence-electron chi connectivity index (χ2n) is 6.56. The van der Waals surface area contributed by atoms with Gasteiger partial charge in [-0.3, -0.25) is 0 Å². The molecule has 29 heavy (non-hydrogen) atoms. The summed E-state index contributed by atoms with van der Waals surface area (Å²) in [5.74, 6) is 1.22. The van der Waals surface area contributed by atoms with Gasteiger partial charge in [-0.15, -0.1) is 16.4 Å². The summed E-state index contributed by atoms with van der Waals surface area (Å²) in [7, 11) is 1.64. The van der Waals surface area contributed by atoms with Gasteiger partial charge in [0, 0.05) is 11.6 Å². The highest BCUT2D eigenvalue weighted by atomic mass is 32.1. The summed E-state index contributed by atoms with van der Waals surface area (Å²) in [5, 5.41) is 21.4. The number of nitrogens with zero attached hydrogens (tertiary/aromatic N) is 5. The lowest BCUT2D eigenvalue weighted by atomic mass is 9.97. The maximum atomic E-state index is 9.14. The molecular formula is C21H18N6OS. The Balaban J connectivity index is 1.56. The predicted molar refractivity (Wildman–Crippen MR) is 113 cm³/mol. The number of aromatic nitrogens is 4. The number of nitriles is 1. The second kappa shape index (κ2) is 7.81. The average molecular weight is 402 g/mol. The van der Waals surface area contributed by atoms with Gasteiger partial charge < -0.3 is 10.1 Å². The summed E-state index contributed by atoms with van der Waals surface area (Å²) in [6, 6.07) is 11.7. The molecule has 0 saturated heterocycles. The number of ether oxygens (including phenoxy) is 1. The molecule has 0 atom stereocenters. The third kappa shape index (κ3) is 3.86. The van der Waals surface area contributed by atoms with Crippen LogP contribution >= 0.6 is 11.3 Å². The zero-order valence-corrected chi connectivity index (χ0v) is 17.0. The molecule has 1 N–H and O–H groups in total. The Labute approximate surface area is 172 Å². The minimum absolute atomic E-state index is 0.433. The number of fused-ring (bicyclic) bond motifs is 1. The fourth-order valence-electron chi connectivity index (χ4n) is 3.24. The molecule has 4 aromatic rings. The van der Waals surface area contributed by atoms with Gasteiger partial charge in [-0.2, -0.15) is 10.4 Å². The number of benzene rings is 2. The van der Waals surface area contributed by atoms with E-state index in [0.717, 1.165) is 43.4 Å². The van der Waals surface area contributed by atoms with Gasteiger partial charge in [-0.1, -0.05) is 0 Å². The van der Waals surface area contributed by atoms with Crippen molar-refractivity contribution in [2.45, 2.75) is 20.4 Å². The second-order valence-corrected chi connectivity index (χ2v) is 7.67. The van der Waals surface area contributed by atoms with Crippen LogP contribution in [0.4, 0.5) is 5.95 Å². The molecule has 0 aliphatic carbocycles. The van der Waals surface area contributed by atoms with E-state index in [4.69, 9.17) is 10.00 Å². The highest BCUT2D eigenvalue weighted by Crippen LogP contribution is 2.28. The Hall–Kier alpha value is -3.57. The Morgan fingerprint density at radius 2 is 1.93 bits per heavy atom. The Kier molecular flexibility index (Phi) is 5.06. The van der Waals surface area contributed by atoms with E-state index in [2.05, 4.69) is 31.6 Å². The molecule has 0 unspecified atom stereocenters. The molecule has 0 bridgehead atoms. The molecule has 0 fully saturated rings. The number of anilines is 1. The Morgan fingerprint density at radius 1 is 1.14 bits per heavy atom. The number of nitrogens with one attached hydrogen (secondary N) is 1. The molecule has 0 saturated carbocycles. The predicted octanol–water partition coefficient (Wildman–Crippen LogP) is 4.26. The number of methoxy groups -OCH3 is 1. The van der Waals surface area contributed by atoms with Crippen molar-refractivity contribution < 1.29 is 4.74 Å². The van der Waals surface area contributed by atoms with E-state index in [1.807, 2.05) is 44.2 Å². The van der Waals surface area contributed by atoms with Crippen molar-refractivity contribution in [3.63, 3.8) is 0 Å². The van der Waals surface area contributed by atoms with Crippen molar-refractivity contribution in [1.82, 2.24) is 20.2 Å². The summed E-state index contributed by atoms with van der Waals surface area (Å²) in [6.07, 6.45) is 1.64. The number of hydrogen-bond donors (Lipinski definition) is 1. The van der Waals surface area contributed by atoms with Gasteiger partial charge in [0.05, 0.1) is 47.4 Å². The number of thiazole rings is 1. The van der Waals surface area contributed by atoms with Gasteiger partial charge in [-0.25, -0.2) is 9.97 Å². The van der Waals surface area contributed by atoms with Gasteiger partial charge in [-0.05, 0) is 49.2 Å². The number of hydrogen-bond acceptors (Lipinski definition) is 8. The van der Waals surface area contributed by atoms with Crippen LogP contribution < -0.4 is 10.1 Å². The smallest absolute Gasteiger partial charge is 0.243 e. The Bertz CT molecular complexity index is 1220. The van der Waals surface area contributed by atoms with Gasteiger partial charge in [0.25, 0.3) is 0 Å². The minimum atomic E-state index is 0.433. The first-order valence-electron chi connectivity index (χ1n) is 8.96. The van der Waals surface area contributed by atoms with Crippen molar-refractivity contribution in [1.29, 1.82) is 5.26 Å². The molecule has 0 aliphatic heterocycles.